The minimum absolute atomic E-state index is 0. The molecule has 6 heteroatoms. The topological polar surface area (TPSA) is 106 Å². The summed E-state index contributed by atoms with van der Waals surface area (Å²) >= 11 is 0. The van der Waals surface area contributed by atoms with Crippen molar-refractivity contribution < 1.29 is 36.9 Å². The Morgan fingerprint density at radius 2 is 1.25 bits per heavy atom. The molecule has 0 spiro atoms. The van der Waals surface area contributed by atoms with E-state index in [1.54, 1.807) is 0 Å². The number of carboxylic acid groups (broad SMARTS) is 2. The second-order valence-electron chi connectivity index (χ2n) is 2.75. The number of carbonyl (C=O) groups excluding carboxylic acids is 2. The van der Waals surface area contributed by atoms with Crippen molar-refractivity contribution in [1.82, 2.24) is 0 Å². The second kappa shape index (κ2) is 36.6. The number of rotatable bonds is 6. The average Bonchev–Trinajstić information content (AvgIpc) is 2.20. The van der Waals surface area contributed by atoms with Gasteiger partial charge in [-0.05, 0) is 13.0 Å². The van der Waals surface area contributed by atoms with Gasteiger partial charge in [0.05, 0.1) is 0 Å². The summed E-state index contributed by atoms with van der Waals surface area (Å²) in [6, 6.07) is 0. The van der Waals surface area contributed by atoms with Gasteiger partial charge in [0.2, 0.25) is 0 Å². The van der Waals surface area contributed by atoms with Crippen molar-refractivity contribution >= 4 is 12.9 Å². The minimum Gasteiger partial charge on any atom is -0.554 e. The molecule has 0 aromatic carbocycles. The van der Waals surface area contributed by atoms with Crippen molar-refractivity contribution in [2.45, 2.75) is 45.4 Å². The van der Waals surface area contributed by atoms with Gasteiger partial charge in [0.25, 0.3) is 0 Å². The molecule has 0 atom stereocenters. The molecule has 0 aromatic rings. The molecule has 0 saturated carbocycles. The summed E-state index contributed by atoms with van der Waals surface area (Å²) in [5.41, 5.74) is 5.34. The first-order chi connectivity index (χ1) is 7.24. The molecular formula is C10H21CuNO4. The van der Waals surface area contributed by atoms with E-state index < -0.39 is 12.9 Å². The Morgan fingerprint density at radius 3 is 1.56 bits per heavy atom. The summed E-state index contributed by atoms with van der Waals surface area (Å²) in [7, 11) is 0. The van der Waals surface area contributed by atoms with Crippen LogP contribution in [0.2, 0.25) is 0 Å². The van der Waals surface area contributed by atoms with Gasteiger partial charge >= 0.3 is 17.1 Å². The van der Waals surface area contributed by atoms with Crippen molar-refractivity contribution in [1.29, 1.82) is 0 Å². The third kappa shape index (κ3) is 70.5. The van der Waals surface area contributed by atoms with Gasteiger partial charge < -0.3 is 25.5 Å². The summed E-state index contributed by atoms with van der Waals surface area (Å²) in [6.45, 7) is 2.11. The van der Waals surface area contributed by atoms with Gasteiger partial charge in [-0.1, -0.05) is 39.0 Å². The molecule has 0 amide bonds. The van der Waals surface area contributed by atoms with Crippen LogP contribution in [0.15, 0.2) is 0 Å². The van der Waals surface area contributed by atoms with Crippen LogP contribution in [0.5, 0.6) is 0 Å². The molecule has 1 radical (unpaired) electrons. The molecule has 0 heterocycles. The van der Waals surface area contributed by atoms with Gasteiger partial charge in [0.1, 0.15) is 0 Å². The van der Waals surface area contributed by atoms with Gasteiger partial charge in [-0.2, -0.15) is 0 Å². The molecule has 0 bridgehead atoms. The van der Waals surface area contributed by atoms with Gasteiger partial charge in [-0.3, -0.25) is 0 Å². The van der Waals surface area contributed by atoms with E-state index >= 15 is 0 Å². The summed E-state index contributed by atoms with van der Waals surface area (Å²) in [6.07, 6.45) is 8.05. The molecule has 16 heavy (non-hydrogen) atoms. The predicted molar refractivity (Wildman–Crippen MR) is 54.6 cm³/mol. The number of unbranched alkanes of at least 4 members (excludes halogenated alkanes) is 5. The van der Waals surface area contributed by atoms with Gasteiger partial charge in [0.15, 0.2) is 0 Å². The molecule has 0 aliphatic carbocycles. The van der Waals surface area contributed by atoms with Crippen LogP contribution in [-0.2, 0) is 26.7 Å². The van der Waals surface area contributed by atoms with Crippen LogP contribution in [0.4, 0.5) is 0 Å². The van der Waals surface area contributed by atoms with Crippen LogP contribution < -0.4 is 15.9 Å². The van der Waals surface area contributed by atoms with E-state index in [-0.39, 0.29) is 17.1 Å². The summed E-state index contributed by atoms with van der Waals surface area (Å²) in [4.78, 5) is 16.5. The molecular weight excluding hydrogens is 262 g/mol. The van der Waals surface area contributed by atoms with Crippen LogP contribution in [0.1, 0.15) is 45.4 Å². The Balaban J connectivity index is -0.0000000870. The average molecular weight is 283 g/mol. The molecule has 0 aliphatic heterocycles. The molecule has 2 N–H and O–H groups in total. The molecule has 0 aromatic heterocycles. The first-order valence-electron chi connectivity index (χ1n) is 5.06. The monoisotopic (exact) mass is 282 g/mol. The fraction of sp³-hybridized carbons (Fsp3) is 0.800. The maximum atomic E-state index is 8.25. The Kier molecular flexibility index (Phi) is 56.3. The van der Waals surface area contributed by atoms with Gasteiger partial charge in [-0.25, -0.2) is 0 Å². The van der Waals surface area contributed by atoms with Gasteiger partial charge in [0, 0.05) is 12.9 Å². The Labute approximate surface area is 108 Å². The molecule has 0 fully saturated rings. The van der Waals surface area contributed by atoms with E-state index in [4.69, 9.17) is 25.5 Å². The van der Waals surface area contributed by atoms with Crippen molar-refractivity contribution in [2.75, 3.05) is 6.54 Å². The zero-order chi connectivity index (χ0) is 12.4. The van der Waals surface area contributed by atoms with Crippen LogP contribution in [0, 0.1) is 0 Å². The van der Waals surface area contributed by atoms with E-state index in [1.807, 2.05) is 0 Å². The van der Waals surface area contributed by atoms with Crippen molar-refractivity contribution in [3.63, 3.8) is 0 Å². The fourth-order valence-electron chi connectivity index (χ4n) is 0.925. The SMILES string of the molecule is CCCCCCCCN.O=C[O-].O=C[O-].[Cu+2]. The second-order valence-corrected chi connectivity index (χ2v) is 2.75. The quantitative estimate of drug-likeness (QED) is 0.383. The molecule has 0 saturated heterocycles. The smallest absolute Gasteiger partial charge is 0.554 e. The van der Waals surface area contributed by atoms with Crippen LogP contribution >= 0.6 is 0 Å². The van der Waals surface area contributed by atoms with Crippen molar-refractivity contribution in [3.8, 4) is 0 Å². The Bertz CT molecular complexity index is 103. The third-order valence-corrected chi connectivity index (χ3v) is 1.56. The molecule has 0 rings (SSSR count). The maximum Gasteiger partial charge on any atom is 2.00 e. The largest absolute Gasteiger partial charge is 2.00 e. The molecule has 0 unspecified atom stereocenters. The standard InChI is InChI=1S/C8H19N.2CH2O2.Cu/c1-2-3-4-5-6-7-8-9;2*2-1-3;/h2-9H2,1H3;2*1H,(H,2,3);/q;;;+2/p-2. The summed E-state index contributed by atoms with van der Waals surface area (Å²) < 4.78 is 0. The Hall–Kier alpha value is -0.581. The normalized spacial score (nSPS) is 7.12. The number of nitrogens with two attached hydrogens (primary N) is 1. The predicted octanol–water partition coefficient (Wildman–Crippen LogP) is -0.965. The number of carbonyl (C=O) groups is 2. The summed E-state index contributed by atoms with van der Waals surface area (Å²) in [5.74, 6) is 0. The molecule has 101 valence electrons. The first kappa shape index (κ1) is 24.6. The minimum atomic E-state index is -0.500. The van der Waals surface area contributed by atoms with Crippen LogP contribution in [0.3, 0.4) is 0 Å². The van der Waals surface area contributed by atoms with Gasteiger partial charge in [-0.15, -0.1) is 0 Å². The molecule has 0 aliphatic rings. The van der Waals surface area contributed by atoms with E-state index in [2.05, 4.69) is 6.92 Å². The van der Waals surface area contributed by atoms with E-state index in [0.717, 1.165) is 6.54 Å². The summed E-state index contributed by atoms with van der Waals surface area (Å²) in [5, 5.41) is 16.5. The van der Waals surface area contributed by atoms with E-state index in [0.29, 0.717) is 0 Å². The first-order valence-corrected chi connectivity index (χ1v) is 5.06. The molecule has 5 nitrogen and oxygen atoms in total. The number of hydrogen-bond acceptors (Lipinski definition) is 5. The van der Waals surface area contributed by atoms with E-state index in [9.17, 15) is 0 Å². The fourth-order valence-corrected chi connectivity index (χ4v) is 0.925. The zero-order valence-corrected chi connectivity index (χ0v) is 10.6. The van der Waals surface area contributed by atoms with Crippen LogP contribution in [-0.4, -0.2) is 19.5 Å². The van der Waals surface area contributed by atoms with Crippen LogP contribution in [0.25, 0.3) is 0 Å². The van der Waals surface area contributed by atoms with Crippen molar-refractivity contribution in [3.05, 3.63) is 0 Å². The van der Waals surface area contributed by atoms with Crippen molar-refractivity contribution in [2.24, 2.45) is 5.73 Å². The Morgan fingerprint density at radius 1 is 0.938 bits per heavy atom. The third-order valence-electron chi connectivity index (χ3n) is 1.56. The van der Waals surface area contributed by atoms with E-state index in [1.165, 1.54) is 38.5 Å². The number of hydrogen-bond donors (Lipinski definition) is 1. The maximum absolute atomic E-state index is 8.25. The zero-order valence-electron chi connectivity index (χ0n) is 9.62.